The summed E-state index contributed by atoms with van der Waals surface area (Å²) in [5, 5.41) is 39.2. The first-order chi connectivity index (χ1) is 9.95. The lowest BCUT2D eigenvalue weighted by atomic mass is 10.0. The van der Waals surface area contributed by atoms with E-state index in [0.29, 0.717) is 16.7 Å². The van der Waals surface area contributed by atoms with Gasteiger partial charge < -0.3 is 25.2 Å². The summed E-state index contributed by atoms with van der Waals surface area (Å²) in [5.74, 6) is 0.261. The topological polar surface area (TPSA) is 90.2 Å². The highest BCUT2D eigenvalue weighted by molar-refractivity contribution is 5.70. The van der Waals surface area contributed by atoms with Gasteiger partial charge in [0.2, 0.25) is 0 Å². The molecule has 5 nitrogen and oxygen atoms in total. The smallest absolute Gasteiger partial charge is 0.172 e. The number of fused-ring (bicyclic) bond motifs is 1. The molecule has 3 rings (SSSR count). The number of aliphatic hydroxyl groups is 1. The molecule has 1 aliphatic rings. The summed E-state index contributed by atoms with van der Waals surface area (Å²) in [6.45, 7) is 1.76. The van der Waals surface area contributed by atoms with Crippen molar-refractivity contribution in [3.05, 3.63) is 52.8 Å². The van der Waals surface area contributed by atoms with Crippen LogP contribution < -0.4 is 4.74 Å². The van der Waals surface area contributed by atoms with Crippen LogP contribution in [0, 0.1) is 6.92 Å². The van der Waals surface area contributed by atoms with Gasteiger partial charge >= 0.3 is 0 Å². The lowest BCUT2D eigenvalue weighted by molar-refractivity contribution is 0.349. The van der Waals surface area contributed by atoms with E-state index in [1.807, 2.05) is 0 Å². The fourth-order valence-corrected chi connectivity index (χ4v) is 2.28. The number of aryl methyl sites for hydroxylation is 1. The van der Waals surface area contributed by atoms with Gasteiger partial charge in [-0.1, -0.05) is 12.1 Å². The van der Waals surface area contributed by atoms with Crippen LogP contribution in [0.15, 0.2) is 36.1 Å². The van der Waals surface area contributed by atoms with Gasteiger partial charge in [0.1, 0.15) is 28.8 Å². The van der Waals surface area contributed by atoms with Crippen LogP contribution in [0.3, 0.4) is 0 Å². The maximum absolute atomic E-state index is 10.1. The van der Waals surface area contributed by atoms with Gasteiger partial charge in [-0.25, -0.2) is 0 Å². The molecule has 0 amide bonds. The molecule has 0 saturated carbocycles. The van der Waals surface area contributed by atoms with E-state index < -0.39 is 0 Å². The second-order valence-corrected chi connectivity index (χ2v) is 5.00. The zero-order valence-corrected chi connectivity index (χ0v) is 11.3. The summed E-state index contributed by atoms with van der Waals surface area (Å²) >= 11 is 0. The molecule has 108 valence electrons. The van der Waals surface area contributed by atoms with E-state index in [0.717, 1.165) is 0 Å². The minimum absolute atomic E-state index is 0.0493. The number of allylic oxidation sites excluding steroid dienone is 1. The highest BCUT2D eigenvalue weighted by atomic mass is 16.5. The highest BCUT2D eigenvalue weighted by Crippen LogP contribution is 2.41. The molecule has 1 heterocycles. The first kappa shape index (κ1) is 13.2. The Morgan fingerprint density at radius 2 is 1.71 bits per heavy atom. The average Bonchev–Trinajstić information content (AvgIpc) is 2.42. The SMILES string of the molecule is Cc1ccc(C2=C(O)Cc3c(O)cc(O)cc3O2)cc1O. The number of hydrogen-bond acceptors (Lipinski definition) is 5. The van der Waals surface area contributed by atoms with Crippen LogP contribution >= 0.6 is 0 Å². The first-order valence-corrected chi connectivity index (χ1v) is 6.40. The minimum atomic E-state index is -0.137. The van der Waals surface area contributed by atoms with Crippen molar-refractivity contribution >= 4 is 5.76 Å². The summed E-state index contributed by atoms with van der Waals surface area (Å²) in [5.41, 5.74) is 1.64. The largest absolute Gasteiger partial charge is 0.508 e. The molecule has 0 fully saturated rings. The van der Waals surface area contributed by atoms with Crippen LogP contribution in [0.1, 0.15) is 16.7 Å². The van der Waals surface area contributed by atoms with E-state index in [1.165, 1.54) is 18.2 Å². The number of hydrogen-bond donors (Lipinski definition) is 4. The van der Waals surface area contributed by atoms with Crippen molar-refractivity contribution < 1.29 is 25.2 Å². The Labute approximate surface area is 121 Å². The highest BCUT2D eigenvalue weighted by Gasteiger charge is 2.24. The molecule has 21 heavy (non-hydrogen) atoms. The van der Waals surface area contributed by atoms with E-state index in [9.17, 15) is 20.4 Å². The van der Waals surface area contributed by atoms with E-state index in [-0.39, 0.29) is 40.9 Å². The first-order valence-electron chi connectivity index (χ1n) is 6.40. The normalized spacial score (nSPS) is 13.8. The molecular formula is C16H14O5. The third kappa shape index (κ3) is 2.23. The minimum Gasteiger partial charge on any atom is -0.508 e. The molecule has 0 atom stereocenters. The fourth-order valence-electron chi connectivity index (χ4n) is 2.28. The second kappa shape index (κ2) is 4.63. The van der Waals surface area contributed by atoms with Crippen molar-refractivity contribution in [1.29, 1.82) is 0 Å². The Bertz CT molecular complexity index is 762. The number of aromatic hydroxyl groups is 3. The molecule has 5 heteroatoms. The van der Waals surface area contributed by atoms with Gasteiger partial charge in [0.05, 0.1) is 0 Å². The molecule has 0 bridgehead atoms. The van der Waals surface area contributed by atoms with Crippen molar-refractivity contribution in [2.45, 2.75) is 13.3 Å². The van der Waals surface area contributed by atoms with Gasteiger partial charge in [-0.2, -0.15) is 0 Å². The van der Waals surface area contributed by atoms with Crippen LogP contribution in [0.4, 0.5) is 0 Å². The number of benzene rings is 2. The molecule has 0 radical (unpaired) electrons. The Balaban J connectivity index is 2.07. The quantitative estimate of drug-likeness (QED) is 0.647. The second-order valence-electron chi connectivity index (χ2n) is 5.00. The molecule has 2 aromatic carbocycles. The number of phenolic OH excluding ortho intramolecular Hbond substituents is 3. The fraction of sp³-hybridized carbons (Fsp3) is 0.125. The van der Waals surface area contributed by atoms with E-state index in [4.69, 9.17) is 4.74 Å². The summed E-state index contributed by atoms with van der Waals surface area (Å²) in [7, 11) is 0. The molecule has 1 aliphatic heterocycles. The summed E-state index contributed by atoms with van der Waals surface area (Å²) in [4.78, 5) is 0. The van der Waals surface area contributed by atoms with Gasteiger partial charge in [-0.3, -0.25) is 0 Å². The molecule has 2 aromatic rings. The van der Waals surface area contributed by atoms with Crippen molar-refractivity contribution in [2.75, 3.05) is 0 Å². The summed E-state index contributed by atoms with van der Waals surface area (Å²) in [6.07, 6.45) is 0.0887. The van der Waals surface area contributed by atoms with Crippen LogP contribution in [-0.2, 0) is 6.42 Å². The molecular weight excluding hydrogens is 272 g/mol. The summed E-state index contributed by atoms with van der Waals surface area (Å²) < 4.78 is 5.59. The lowest BCUT2D eigenvalue weighted by Gasteiger charge is -2.22. The maximum atomic E-state index is 10.1. The Kier molecular flexibility index (Phi) is 2.90. The average molecular weight is 286 g/mol. The molecule has 0 saturated heterocycles. The number of aliphatic hydroxyl groups excluding tert-OH is 1. The standard InChI is InChI=1S/C16H14O5/c1-8-2-3-9(4-12(8)18)16-14(20)7-11-13(19)5-10(17)6-15(11)21-16/h2-6,17-20H,7H2,1H3. The van der Waals surface area contributed by atoms with Crippen molar-refractivity contribution in [3.8, 4) is 23.0 Å². The third-order valence-electron chi connectivity index (χ3n) is 3.46. The van der Waals surface area contributed by atoms with Gasteiger partial charge in [0.25, 0.3) is 0 Å². The number of rotatable bonds is 1. The van der Waals surface area contributed by atoms with E-state index >= 15 is 0 Å². The molecule has 0 spiro atoms. The zero-order chi connectivity index (χ0) is 15.1. The third-order valence-corrected chi connectivity index (χ3v) is 3.46. The Morgan fingerprint density at radius 1 is 0.952 bits per heavy atom. The number of phenols is 3. The lowest BCUT2D eigenvalue weighted by Crippen LogP contribution is -2.09. The van der Waals surface area contributed by atoms with Crippen LogP contribution in [-0.4, -0.2) is 20.4 Å². The van der Waals surface area contributed by atoms with Crippen molar-refractivity contribution in [2.24, 2.45) is 0 Å². The Morgan fingerprint density at radius 3 is 2.43 bits per heavy atom. The molecule has 0 aliphatic carbocycles. The van der Waals surface area contributed by atoms with Gasteiger partial charge in [-0.15, -0.1) is 0 Å². The number of ether oxygens (including phenoxy) is 1. The van der Waals surface area contributed by atoms with E-state index in [2.05, 4.69) is 0 Å². The summed E-state index contributed by atoms with van der Waals surface area (Å²) in [6, 6.07) is 7.49. The maximum Gasteiger partial charge on any atom is 0.172 e. The van der Waals surface area contributed by atoms with Gasteiger partial charge in [0, 0.05) is 29.7 Å². The van der Waals surface area contributed by atoms with Crippen LogP contribution in [0.25, 0.3) is 5.76 Å². The van der Waals surface area contributed by atoms with Gasteiger partial charge in [0.15, 0.2) is 5.76 Å². The molecule has 4 N–H and O–H groups in total. The monoisotopic (exact) mass is 286 g/mol. The van der Waals surface area contributed by atoms with Crippen molar-refractivity contribution in [3.63, 3.8) is 0 Å². The van der Waals surface area contributed by atoms with Crippen molar-refractivity contribution in [1.82, 2.24) is 0 Å². The molecule has 0 aromatic heterocycles. The Hall–Kier alpha value is -2.82. The van der Waals surface area contributed by atoms with E-state index in [1.54, 1.807) is 19.1 Å². The van der Waals surface area contributed by atoms with Gasteiger partial charge in [-0.05, 0) is 18.6 Å². The molecule has 0 unspecified atom stereocenters. The zero-order valence-electron chi connectivity index (χ0n) is 11.3. The van der Waals surface area contributed by atoms with Crippen LogP contribution in [0.5, 0.6) is 23.0 Å². The predicted molar refractivity (Wildman–Crippen MR) is 76.5 cm³/mol. The predicted octanol–water partition coefficient (Wildman–Crippen LogP) is 2.97. The van der Waals surface area contributed by atoms with Crippen LogP contribution in [0.2, 0.25) is 0 Å².